The standard InChI is InChI=1S/C24H40N2O3/c1-14(2)19-12-20(23(27)25(15(3)4)16(5)6)22(29-11)21(13-19)24(28)26(17(7)8)18(9)10/h12-18H,1-11H3. The molecule has 0 unspecified atom stereocenters. The van der Waals surface area contributed by atoms with E-state index < -0.39 is 0 Å². The van der Waals surface area contributed by atoms with Crippen LogP contribution in [0.15, 0.2) is 12.1 Å². The first-order chi connectivity index (χ1) is 13.3. The van der Waals surface area contributed by atoms with Gasteiger partial charge in [0.15, 0.2) is 0 Å². The minimum atomic E-state index is -0.107. The first-order valence-electron chi connectivity index (χ1n) is 10.7. The van der Waals surface area contributed by atoms with E-state index in [1.54, 1.807) is 0 Å². The number of carbonyl (C=O) groups is 2. The lowest BCUT2D eigenvalue weighted by Gasteiger charge is -2.33. The number of amides is 2. The van der Waals surface area contributed by atoms with E-state index >= 15 is 0 Å². The molecule has 0 aliphatic rings. The Morgan fingerprint density at radius 3 is 1.21 bits per heavy atom. The monoisotopic (exact) mass is 404 g/mol. The maximum absolute atomic E-state index is 13.5. The normalized spacial score (nSPS) is 11.7. The molecular weight excluding hydrogens is 364 g/mol. The molecule has 0 spiro atoms. The van der Waals surface area contributed by atoms with Crippen LogP contribution in [0.5, 0.6) is 5.75 Å². The quantitative estimate of drug-likeness (QED) is 0.588. The largest absolute Gasteiger partial charge is 0.495 e. The van der Waals surface area contributed by atoms with Crippen LogP contribution in [0.1, 0.15) is 101 Å². The van der Waals surface area contributed by atoms with Gasteiger partial charge in [0.05, 0.1) is 18.2 Å². The average molecular weight is 405 g/mol. The van der Waals surface area contributed by atoms with Crippen molar-refractivity contribution in [1.29, 1.82) is 0 Å². The van der Waals surface area contributed by atoms with Crippen molar-refractivity contribution in [3.63, 3.8) is 0 Å². The van der Waals surface area contributed by atoms with Crippen LogP contribution in [0, 0.1) is 0 Å². The zero-order chi connectivity index (χ0) is 22.6. The fourth-order valence-electron chi connectivity index (χ4n) is 3.93. The molecule has 0 saturated carbocycles. The molecule has 1 aromatic carbocycles. The molecule has 164 valence electrons. The van der Waals surface area contributed by atoms with Crippen molar-refractivity contribution < 1.29 is 14.3 Å². The molecule has 0 saturated heterocycles. The Kier molecular flexibility index (Phi) is 8.73. The molecular formula is C24H40N2O3. The maximum Gasteiger partial charge on any atom is 0.258 e. The van der Waals surface area contributed by atoms with Gasteiger partial charge in [0.2, 0.25) is 0 Å². The van der Waals surface area contributed by atoms with Gasteiger partial charge >= 0.3 is 0 Å². The van der Waals surface area contributed by atoms with Crippen LogP contribution in [0.4, 0.5) is 0 Å². The van der Waals surface area contributed by atoms with Crippen LogP contribution < -0.4 is 4.74 Å². The smallest absolute Gasteiger partial charge is 0.258 e. The maximum atomic E-state index is 13.5. The summed E-state index contributed by atoms with van der Waals surface area (Å²) >= 11 is 0. The lowest BCUT2D eigenvalue weighted by Crippen LogP contribution is -2.43. The van der Waals surface area contributed by atoms with Gasteiger partial charge in [-0.2, -0.15) is 0 Å². The first kappa shape index (κ1) is 25.0. The summed E-state index contributed by atoms with van der Waals surface area (Å²) < 4.78 is 5.68. The number of hydrogen-bond acceptors (Lipinski definition) is 3. The Balaban J connectivity index is 3.76. The molecule has 0 fully saturated rings. The third kappa shape index (κ3) is 5.52. The van der Waals surface area contributed by atoms with Crippen molar-refractivity contribution in [1.82, 2.24) is 9.80 Å². The van der Waals surface area contributed by atoms with E-state index in [0.717, 1.165) is 5.56 Å². The zero-order valence-corrected chi connectivity index (χ0v) is 20.2. The summed E-state index contributed by atoms with van der Waals surface area (Å²) in [5.41, 5.74) is 1.87. The fourth-order valence-corrected chi connectivity index (χ4v) is 3.93. The van der Waals surface area contributed by atoms with E-state index in [-0.39, 0.29) is 41.9 Å². The molecule has 0 aliphatic carbocycles. The highest BCUT2D eigenvalue weighted by Crippen LogP contribution is 2.32. The van der Waals surface area contributed by atoms with E-state index in [9.17, 15) is 9.59 Å². The van der Waals surface area contributed by atoms with Crippen molar-refractivity contribution in [2.75, 3.05) is 7.11 Å². The predicted octanol–water partition coefficient (Wildman–Crippen LogP) is 5.34. The number of ether oxygens (including phenoxy) is 1. The van der Waals surface area contributed by atoms with Gasteiger partial charge in [0, 0.05) is 24.2 Å². The van der Waals surface area contributed by atoms with Crippen molar-refractivity contribution in [3.8, 4) is 5.75 Å². The Morgan fingerprint density at radius 1 is 0.690 bits per heavy atom. The molecule has 0 heterocycles. The predicted molar refractivity (Wildman–Crippen MR) is 120 cm³/mol. The van der Waals surface area contributed by atoms with E-state index in [4.69, 9.17) is 4.74 Å². The van der Waals surface area contributed by atoms with Crippen molar-refractivity contribution >= 4 is 11.8 Å². The average Bonchev–Trinajstić information content (AvgIpc) is 2.58. The lowest BCUT2D eigenvalue weighted by atomic mass is 9.94. The van der Waals surface area contributed by atoms with E-state index in [2.05, 4.69) is 13.8 Å². The molecule has 0 aliphatic heterocycles. The molecule has 0 radical (unpaired) electrons. The second kappa shape index (κ2) is 10.1. The third-order valence-corrected chi connectivity index (χ3v) is 5.14. The molecule has 0 bridgehead atoms. The summed E-state index contributed by atoms with van der Waals surface area (Å²) in [6.45, 7) is 20.1. The zero-order valence-electron chi connectivity index (χ0n) is 20.2. The van der Waals surface area contributed by atoms with Gasteiger partial charge in [0.1, 0.15) is 5.75 Å². The van der Waals surface area contributed by atoms with Gasteiger partial charge in [0.25, 0.3) is 11.8 Å². The van der Waals surface area contributed by atoms with Crippen molar-refractivity contribution in [2.24, 2.45) is 0 Å². The van der Waals surface area contributed by atoms with E-state index in [1.807, 2.05) is 77.3 Å². The Bertz CT molecular complexity index is 652. The van der Waals surface area contributed by atoms with Crippen LogP contribution in [-0.2, 0) is 0 Å². The van der Waals surface area contributed by atoms with E-state index in [1.165, 1.54) is 7.11 Å². The first-order valence-corrected chi connectivity index (χ1v) is 10.7. The van der Waals surface area contributed by atoms with Gasteiger partial charge in [-0.15, -0.1) is 0 Å². The summed E-state index contributed by atoms with van der Waals surface area (Å²) in [6, 6.07) is 3.92. The molecule has 29 heavy (non-hydrogen) atoms. The summed E-state index contributed by atoms with van der Waals surface area (Å²) in [4.78, 5) is 30.7. The van der Waals surface area contributed by atoms with Crippen LogP contribution >= 0.6 is 0 Å². The Morgan fingerprint density at radius 2 is 1.00 bits per heavy atom. The molecule has 2 amide bonds. The summed E-state index contributed by atoms with van der Waals surface area (Å²) in [5, 5.41) is 0. The van der Waals surface area contributed by atoms with Gasteiger partial charge in [-0.1, -0.05) is 13.8 Å². The second-order valence-electron chi connectivity index (χ2n) is 9.10. The van der Waals surface area contributed by atoms with Crippen molar-refractivity contribution in [3.05, 3.63) is 28.8 Å². The minimum Gasteiger partial charge on any atom is -0.495 e. The molecule has 0 aromatic heterocycles. The van der Waals surface area contributed by atoms with Crippen LogP contribution in [-0.4, -0.2) is 52.9 Å². The number of benzene rings is 1. The topological polar surface area (TPSA) is 49.9 Å². The molecule has 1 rings (SSSR count). The van der Waals surface area contributed by atoms with Crippen LogP contribution in [0.2, 0.25) is 0 Å². The van der Waals surface area contributed by atoms with Crippen LogP contribution in [0.25, 0.3) is 0 Å². The number of rotatable bonds is 8. The molecule has 0 atom stereocenters. The highest BCUT2D eigenvalue weighted by molar-refractivity contribution is 6.04. The number of nitrogens with zero attached hydrogens (tertiary/aromatic N) is 2. The SMILES string of the molecule is COc1c(C(=O)N(C(C)C)C(C)C)cc(C(C)C)cc1C(=O)N(C(C)C)C(C)C. The second-order valence-corrected chi connectivity index (χ2v) is 9.10. The third-order valence-electron chi connectivity index (χ3n) is 5.14. The highest BCUT2D eigenvalue weighted by atomic mass is 16.5. The van der Waals surface area contributed by atoms with Gasteiger partial charge in [-0.05, 0) is 79.0 Å². The van der Waals surface area contributed by atoms with E-state index in [0.29, 0.717) is 16.9 Å². The molecule has 5 nitrogen and oxygen atoms in total. The molecule has 0 N–H and O–H groups in total. The summed E-state index contributed by atoms with van der Waals surface area (Å²) in [7, 11) is 1.53. The number of carbonyl (C=O) groups excluding carboxylic acids is 2. The Labute approximate surface area is 177 Å². The number of methoxy groups -OCH3 is 1. The van der Waals surface area contributed by atoms with Crippen molar-refractivity contribution in [2.45, 2.75) is 99.3 Å². The highest BCUT2D eigenvalue weighted by Gasteiger charge is 2.31. The van der Waals surface area contributed by atoms with Gasteiger partial charge in [-0.3, -0.25) is 9.59 Å². The van der Waals surface area contributed by atoms with Gasteiger partial charge < -0.3 is 14.5 Å². The van der Waals surface area contributed by atoms with Gasteiger partial charge in [-0.25, -0.2) is 0 Å². The lowest BCUT2D eigenvalue weighted by molar-refractivity contribution is 0.0636. The minimum absolute atomic E-state index is 0.0388. The summed E-state index contributed by atoms with van der Waals surface area (Å²) in [6.07, 6.45) is 0. The molecule has 1 aromatic rings. The summed E-state index contributed by atoms with van der Waals surface area (Å²) in [5.74, 6) is 0.326. The molecule has 5 heteroatoms. The number of hydrogen-bond donors (Lipinski definition) is 0. The fraction of sp³-hybridized carbons (Fsp3) is 0.667. The van der Waals surface area contributed by atoms with Crippen LogP contribution in [0.3, 0.4) is 0 Å². The Hall–Kier alpha value is -2.04.